The highest BCUT2D eigenvalue weighted by molar-refractivity contribution is 9.10. The predicted molar refractivity (Wildman–Crippen MR) is 63.2 cm³/mol. The molecule has 0 unspecified atom stereocenters. The molecular formula is C10H9BrN4O2. The second-order valence-electron chi connectivity index (χ2n) is 3.33. The van der Waals surface area contributed by atoms with E-state index in [4.69, 9.17) is 5.11 Å². The molecule has 0 fully saturated rings. The number of aromatic carboxylic acids is 1. The monoisotopic (exact) mass is 296 g/mol. The van der Waals surface area contributed by atoms with Crippen LogP contribution < -0.4 is 0 Å². The lowest BCUT2D eigenvalue weighted by Gasteiger charge is -2.07. The second-order valence-corrected chi connectivity index (χ2v) is 4.24. The number of carboxylic acids is 1. The smallest absolute Gasteiger partial charge is 0.337 e. The van der Waals surface area contributed by atoms with Crippen LogP contribution in [0.1, 0.15) is 23.1 Å². The van der Waals surface area contributed by atoms with Crippen LogP contribution >= 0.6 is 15.9 Å². The quantitative estimate of drug-likeness (QED) is 0.932. The molecule has 2 aromatic rings. The summed E-state index contributed by atoms with van der Waals surface area (Å²) in [6.45, 7) is 1.90. The van der Waals surface area contributed by atoms with Gasteiger partial charge in [0.15, 0.2) is 5.82 Å². The summed E-state index contributed by atoms with van der Waals surface area (Å²) in [6.07, 6.45) is 0.627. The van der Waals surface area contributed by atoms with E-state index in [1.54, 1.807) is 12.1 Å². The van der Waals surface area contributed by atoms with Gasteiger partial charge in [-0.05, 0) is 28.6 Å². The Labute approximate surface area is 105 Å². The van der Waals surface area contributed by atoms with Gasteiger partial charge in [0.1, 0.15) is 0 Å². The molecule has 1 aromatic heterocycles. The van der Waals surface area contributed by atoms with Crippen LogP contribution in [0, 0.1) is 0 Å². The normalized spacial score (nSPS) is 10.5. The maximum Gasteiger partial charge on any atom is 0.337 e. The average Bonchev–Trinajstić information content (AvgIpc) is 2.76. The van der Waals surface area contributed by atoms with Gasteiger partial charge in [0, 0.05) is 10.9 Å². The number of carboxylic acid groups (broad SMARTS) is 1. The van der Waals surface area contributed by atoms with Crippen LogP contribution in [0.4, 0.5) is 0 Å². The molecule has 0 aliphatic carbocycles. The van der Waals surface area contributed by atoms with Crippen LogP contribution in [0.15, 0.2) is 22.7 Å². The van der Waals surface area contributed by atoms with Crippen molar-refractivity contribution in [1.29, 1.82) is 0 Å². The summed E-state index contributed by atoms with van der Waals surface area (Å²) in [7, 11) is 0. The SMILES string of the molecule is CCc1nnnn1-c1ccc(Br)cc1C(=O)O. The van der Waals surface area contributed by atoms with Gasteiger partial charge in [0.25, 0.3) is 0 Å². The number of aryl methyl sites for hydroxylation is 1. The number of hydrogen-bond acceptors (Lipinski definition) is 4. The Morgan fingerprint density at radius 2 is 2.29 bits per heavy atom. The summed E-state index contributed by atoms with van der Waals surface area (Å²) in [5.41, 5.74) is 0.615. The minimum absolute atomic E-state index is 0.154. The lowest BCUT2D eigenvalue weighted by atomic mass is 10.2. The molecule has 0 bridgehead atoms. The first-order valence-electron chi connectivity index (χ1n) is 4.94. The maximum absolute atomic E-state index is 11.2. The zero-order valence-corrected chi connectivity index (χ0v) is 10.5. The largest absolute Gasteiger partial charge is 0.478 e. The van der Waals surface area contributed by atoms with Crippen LogP contribution in [0.3, 0.4) is 0 Å². The number of rotatable bonds is 3. The van der Waals surface area contributed by atoms with E-state index in [9.17, 15) is 4.79 Å². The molecule has 2 rings (SSSR count). The van der Waals surface area contributed by atoms with Crippen molar-refractivity contribution in [3.8, 4) is 5.69 Å². The summed E-state index contributed by atoms with van der Waals surface area (Å²) in [4.78, 5) is 11.2. The Morgan fingerprint density at radius 3 is 2.94 bits per heavy atom. The molecule has 0 saturated carbocycles. The van der Waals surface area contributed by atoms with Crippen molar-refractivity contribution in [2.45, 2.75) is 13.3 Å². The van der Waals surface area contributed by atoms with Gasteiger partial charge in [-0.25, -0.2) is 4.79 Å². The molecule has 0 spiro atoms. The standard InChI is InChI=1S/C10H9BrN4O2/c1-2-9-12-13-14-15(9)8-4-3-6(11)5-7(8)10(16)17/h3-5H,2H2,1H3,(H,16,17). The highest BCUT2D eigenvalue weighted by Gasteiger charge is 2.15. The van der Waals surface area contributed by atoms with Gasteiger partial charge in [-0.3, -0.25) is 0 Å². The average molecular weight is 297 g/mol. The minimum Gasteiger partial charge on any atom is -0.478 e. The number of tetrazole rings is 1. The summed E-state index contributed by atoms with van der Waals surface area (Å²) in [5.74, 6) is -0.395. The van der Waals surface area contributed by atoms with Gasteiger partial charge in [-0.2, -0.15) is 4.68 Å². The van der Waals surface area contributed by atoms with E-state index in [0.29, 0.717) is 22.4 Å². The van der Waals surface area contributed by atoms with Crippen molar-refractivity contribution in [2.24, 2.45) is 0 Å². The Bertz CT molecular complexity index is 567. The second kappa shape index (κ2) is 4.62. The first kappa shape index (κ1) is 11.7. The van der Waals surface area contributed by atoms with E-state index in [1.165, 1.54) is 10.7 Å². The molecule has 0 aliphatic rings. The number of benzene rings is 1. The van der Waals surface area contributed by atoms with Gasteiger partial charge in [0.2, 0.25) is 0 Å². The number of halogens is 1. The van der Waals surface area contributed by atoms with Crippen LogP contribution in [0.25, 0.3) is 5.69 Å². The molecule has 6 nitrogen and oxygen atoms in total. The van der Waals surface area contributed by atoms with Crippen LogP contribution in [0.2, 0.25) is 0 Å². The first-order chi connectivity index (χ1) is 8.13. The maximum atomic E-state index is 11.2. The molecule has 88 valence electrons. The van der Waals surface area contributed by atoms with Crippen molar-refractivity contribution in [3.05, 3.63) is 34.1 Å². The molecule has 0 amide bonds. The number of nitrogens with zero attached hydrogens (tertiary/aromatic N) is 4. The van der Waals surface area contributed by atoms with E-state index in [1.807, 2.05) is 6.92 Å². The number of carbonyl (C=O) groups is 1. The Balaban J connectivity index is 2.63. The van der Waals surface area contributed by atoms with E-state index >= 15 is 0 Å². The van der Waals surface area contributed by atoms with Crippen LogP contribution in [0.5, 0.6) is 0 Å². The first-order valence-corrected chi connectivity index (χ1v) is 5.73. The van der Waals surface area contributed by atoms with Gasteiger partial charge >= 0.3 is 5.97 Å². The lowest BCUT2D eigenvalue weighted by Crippen LogP contribution is -2.09. The Hall–Kier alpha value is -1.76. The van der Waals surface area contributed by atoms with E-state index in [2.05, 4.69) is 31.5 Å². The number of aromatic nitrogens is 4. The van der Waals surface area contributed by atoms with E-state index in [0.717, 1.165) is 0 Å². The van der Waals surface area contributed by atoms with Crippen molar-refractivity contribution < 1.29 is 9.90 Å². The third-order valence-corrected chi connectivity index (χ3v) is 2.76. The summed E-state index contributed by atoms with van der Waals surface area (Å²) in [5, 5.41) is 20.3. The van der Waals surface area contributed by atoms with Gasteiger partial charge in [-0.1, -0.05) is 22.9 Å². The highest BCUT2D eigenvalue weighted by atomic mass is 79.9. The van der Waals surface area contributed by atoms with Gasteiger partial charge in [-0.15, -0.1) is 5.10 Å². The van der Waals surface area contributed by atoms with Gasteiger partial charge in [0.05, 0.1) is 11.3 Å². The molecule has 1 N–H and O–H groups in total. The third-order valence-electron chi connectivity index (χ3n) is 2.27. The van der Waals surface area contributed by atoms with Crippen LogP contribution in [-0.2, 0) is 6.42 Å². The van der Waals surface area contributed by atoms with Crippen molar-refractivity contribution >= 4 is 21.9 Å². The molecule has 7 heteroatoms. The molecule has 17 heavy (non-hydrogen) atoms. The van der Waals surface area contributed by atoms with Crippen LogP contribution in [-0.4, -0.2) is 31.3 Å². The fourth-order valence-corrected chi connectivity index (χ4v) is 1.84. The fraction of sp³-hybridized carbons (Fsp3) is 0.200. The number of hydrogen-bond donors (Lipinski definition) is 1. The molecule has 0 radical (unpaired) electrons. The molecular weight excluding hydrogens is 288 g/mol. The summed E-state index contributed by atoms with van der Waals surface area (Å²) >= 11 is 3.24. The molecule has 1 aromatic carbocycles. The van der Waals surface area contributed by atoms with E-state index in [-0.39, 0.29) is 5.56 Å². The third kappa shape index (κ3) is 2.19. The van der Waals surface area contributed by atoms with Crippen molar-refractivity contribution in [1.82, 2.24) is 20.2 Å². The zero-order valence-electron chi connectivity index (χ0n) is 8.96. The van der Waals surface area contributed by atoms with Crippen molar-refractivity contribution in [2.75, 3.05) is 0 Å². The molecule has 0 atom stereocenters. The zero-order chi connectivity index (χ0) is 12.4. The highest BCUT2D eigenvalue weighted by Crippen LogP contribution is 2.20. The lowest BCUT2D eigenvalue weighted by molar-refractivity contribution is 0.0696. The molecule has 0 aliphatic heterocycles. The summed E-state index contributed by atoms with van der Waals surface area (Å²) in [6, 6.07) is 4.95. The predicted octanol–water partition coefficient (Wildman–Crippen LogP) is 1.69. The topological polar surface area (TPSA) is 80.9 Å². The summed E-state index contributed by atoms with van der Waals surface area (Å²) < 4.78 is 2.14. The minimum atomic E-state index is -1.01. The van der Waals surface area contributed by atoms with E-state index < -0.39 is 5.97 Å². The Kier molecular flexibility index (Phi) is 3.19. The fourth-order valence-electron chi connectivity index (χ4n) is 1.48. The molecule has 1 heterocycles. The van der Waals surface area contributed by atoms with Gasteiger partial charge < -0.3 is 5.11 Å². The Morgan fingerprint density at radius 1 is 1.53 bits per heavy atom. The van der Waals surface area contributed by atoms with Crippen molar-refractivity contribution in [3.63, 3.8) is 0 Å². The molecule has 0 saturated heterocycles.